The molecule has 4 heteroatoms. The number of rotatable bonds is 5. The first kappa shape index (κ1) is 13.7. The molecule has 0 atom stereocenters. The second kappa shape index (κ2) is 6.04. The summed E-state index contributed by atoms with van der Waals surface area (Å²) in [6.45, 7) is 3.23. The highest BCUT2D eigenvalue weighted by Crippen LogP contribution is 2.38. The van der Waals surface area contributed by atoms with Crippen LogP contribution in [0.2, 0.25) is 0 Å². The summed E-state index contributed by atoms with van der Waals surface area (Å²) in [5.74, 6) is 0.504. The van der Waals surface area contributed by atoms with Crippen molar-refractivity contribution < 1.29 is 4.79 Å². The van der Waals surface area contributed by atoms with Crippen molar-refractivity contribution in [3.05, 3.63) is 59.4 Å². The quantitative estimate of drug-likeness (QED) is 0.846. The second-order valence-electron chi connectivity index (χ2n) is 5.42. The van der Waals surface area contributed by atoms with Crippen LogP contribution in [0.25, 0.3) is 0 Å². The Morgan fingerprint density at radius 3 is 2.48 bits per heavy atom. The Morgan fingerprint density at radius 1 is 1.14 bits per heavy atom. The zero-order valence-electron chi connectivity index (χ0n) is 12.2. The van der Waals surface area contributed by atoms with E-state index in [1.54, 1.807) is 11.0 Å². The molecule has 0 aliphatic heterocycles. The Labute approximate surface area is 124 Å². The van der Waals surface area contributed by atoms with Gasteiger partial charge in [-0.1, -0.05) is 30.3 Å². The lowest BCUT2D eigenvalue weighted by Gasteiger charge is -2.20. The maximum absolute atomic E-state index is 12.5. The van der Waals surface area contributed by atoms with E-state index in [0.717, 1.165) is 11.3 Å². The van der Waals surface area contributed by atoms with Gasteiger partial charge in [0.2, 0.25) is 0 Å². The van der Waals surface area contributed by atoms with Crippen LogP contribution in [0.5, 0.6) is 0 Å². The van der Waals surface area contributed by atoms with Crippen molar-refractivity contribution in [3.63, 3.8) is 0 Å². The van der Waals surface area contributed by atoms with Gasteiger partial charge in [0, 0.05) is 19.0 Å². The average Bonchev–Trinajstić information content (AvgIpc) is 3.38. The number of carbonyl (C=O) groups excluding carboxylic acids is 1. The molecule has 0 spiro atoms. The highest BCUT2D eigenvalue weighted by molar-refractivity contribution is 5.92. The van der Waals surface area contributed by atoms with E-state index < -0.39 is 0 Å². The van der Waals surface area contributed by atoms with E-state index in [1.807, 2.05) is 43.3 Å². The van der Waals surface area contributed by atoms with E-state index in [4.69, 9.17) is 0 Å². The summed E-state index contributed by atoms with van der Waals surface area (Å²) in [4.78, 5) is 14.3. The monoisotopic (exact) mass is 281 g/mol. The summed E-state index contributed by atoms with van der Waals surface area (Å²) in [5.41, 5.74) is 2.56. The van der Waals surface area contributed by atoms with Gasteiger partial charge in [-0.05, 0) is 37.5 Å². The first-order valence-corrected chi connectivity index (χ1v) is 7.44. The zero-order valence-corrected chi connectivity index (χ0v) is 12.2. The molecule has 0 radical (unpaired) electrons. The van der Waals surface area contributed by atoms with Gasteiger partial charge in [-0.25, -0.2) is 0 Å². The molecule has 1 saturated carbocycles. The molecule has 4 nitrogen and oxygen atoms in total. The standard InChI is InChI=1S/C17H19N3O/c1-2-20(12-13-6-4-3-5-7-13)17(21)16-11-10-15(18-19-16)14-8-9-14/h3-7,10-11,14H,2,8-9,12H2,1H3. The number of benzene rings is 1. The van der Waals surface area contributed by atoms with Gasteiger partial charge in [0.25, 0.3) is 5.91 Å². The van der Waals surface area contributed by atoms with Gasteiger partial charge in [0.05, 0.1) is 5.69 Å². The minimum Gasteiger partial charge on any atom is -0.333 e. The SMILES string of the molecule is CCN(Cc1ccccc1)C(=O)c1ccc(C2CC2)nn1. The molecule has 0 saturated heterocycles. The third kappa shape index (κ3) is 3.27. The fraction of sp³-hybridized carbons (Fsp3) is 0.353. The highest BCUT2D eigenvalue weighted by atomic mass is 16.2. The van der Waals surface area contributed by atoms with Gasteiger partial charge in [-0.2, -0.15) is 5.10 Å². The summed E-state index contributed by atoms with van der Waals surface area (Å²) in [5, 5.41) is 8.30. The number of hydrogen-bond donors (Lipinski definition) is 0. The van der Waals surface area contributed by atoms with E-state index in [-0.39, 0.29) is 5.91 Å². The number of carbonyl (C=O) groups is 1. The summed E-state index contributed by atoms with van der Waals surface area (Å²) in [6, 6.07) is 13.7. The van der Waals surface area contributed by atoms with Crippen molar-refractivity contribution in [1.29, 1.82) is 0 Å². The Kier molecular flexibility index (Phi) is 3.95. The van der Waals surface area contributed by atoms with Crippen molar-refractivity contribution >= 4 is 5.91 Å². The van der Waals surface area contributed by atoms with Crippen LogP contribution in [-0.2, 0) is 6.54 Å². The summed E-state index contributed by atoms with van der Waals surface area (Å²) in [6.07, 6.45) is 2.38. The molecule has 0 bridgehead atoms. The minimum absolute atomic E-state index is 0.0591. The van der Waals surface area contributed by atoms with Gasteiger partial charge in [0.1, 0.15) is 0 Å². The number of aromatic nitrogens is 2. The zero-order chi connectivity index (χ0) is 14.7. The van der Waals surface area contributed by atoms with Crippen molar-refractivity contribution in [2.75, 3.05) is 6.54 Å². The Hall–Kier alpha value is -2.23. The summed E-state index contributed by atoms with van der Waals surface area (Å²) < 4.78 is 0. The lowest BCUT2D eigenvalue weighted by atomic mass is 10.2. The van der Waals surface area contributed by atoms with Crippen molar-refractivity contribution in [3.8, 4) is 0 Å². The molecule has 1 aliphatic rings. The van der Waals surface area contributed by atoms with E-state index >= 15 is 0 Å². The summed E-state index contributed by atoms with van der Waals surface area (Å²) >= 11 is 0. The topological polar surface area (TPSA) is 46.1 Å². The molecule has 21 heavy (non-hydrogen) atoms. The van der Waals surface area contributed by atoms with E-state index in [2.05, 4.69) is 10.2 Å². The lowest BCUT2D eigenvalue weighted by Crippen LogP contribution is -2.31. The Morgan fingerprint density at radius 2 is 1.90 bits per heavy atom. The Bertz CT molecular complexity index is 606. The van der Waals surface area contributed by atoms with Crippen LogP contribution in [-0.4, -0.2) is 27.5 Å². The molecule has 108 valence electrons. The number of hydrogen-bond acceptors (Lipinski definition) is 3. The maximum Gasteiger partial charge on any atom is 0.274 e. The third-order valence-electron chi connectivity index (χ3n) is 3.79. The van der Waals surface area contributed by atoms with Gasteiger partial charge in [-0.3, -0.25) is 4.79 Å². The number of amides is 1. The molecule has 1 aliphatic carbocycles. The van der Waals surface area contributed by atoms with Gasteiger partial charge in [0.15, 0.2) is 5.69 Å². The molecule has 1 heterocycles. The minimum atomic E-state index is -0.0591. The molecule has 1 amide bonds. The molecule has 1 aromatic heterocycles. The smallest absolute Gasteiger partial charge is 0.274 e. The summed E-state index contributed by atoms with van der Waals surface area (Å²) in [7, 11) is 0. The fourth-order valence-corrected chi connectivity index (χ4v) is 2.35. The predicted molar refractivity (Wildman–Crippen MR) is 80.9 cm³/mol. The molecule has 3 rings (SSSR count). The average molecular weight is 281 g/mol. The van der Waals surface area contributed by atoms with Crippen LogP contribution in [0.3, 0.4) is 0 Å². The molecule has 0 N–H and O–H groups in total. The van der Waals surface area contributed by atoms with Crippen molar-refractivity contribution in [2.45, 2.75) is 32.2 Å². The Balaban J connectivity index is 1.72. The molecule has 1 fully saturated rings. The van der Waals surface area contributed by atoms with Crippen LogP contribution in [0.15, 0.2) is 42.5 Å². The molecular formula is C17H19N3O. The van der Waals surface area contributed by atoms with Gasteiger partial charge < -0.3 is 4.90 Å². The molecular weight excluding hydrogens is 262 g/mol. The molecule has 2 aromatic rings. The van der Waals surface area contributed by atoms with E-state index in [1.165, 1.54) is 12.8 Å². The van der Waals surface area contributed by atoms with Crippen LogP contribution < -0.4 is 0 Å². The third-order valence-corrected chi connectivity index (χ3v) is 3.79. The van der Waals surface area contributed by atoms with Crippen molar-refractivity contribution in [2.24, 2.45) is 0 Å². The fourth-order valence-electron chi connectivity index (χ4n) is 2.35. The van der Waals surface area contributed by atoms with E-state index in [0.29, 0.717) is 24.7 Å². The maximum atomic E-state index is 12.5. The second-order valence-corrected chi connectivity index (χ2v) is 5.42. The first-order valence-electron chi connectivity index (χ1n) is 7.44. The number of nitrogens with zero attached hydrogens (tertiary/aromatic N) is 3. The van der Waals surface area contributed by atoms with Crippen LogP contribution in [0.4, 0.5) is 0 Å². The van der Waals surface area contributed by atoms with Gasteiger partial charge in [-0.15, -0.1) is 5.10 Å². The van der Waals surface area contributed by atoms with Crippen LogP contribution in [0.1, 0.15) is 47.4 Å². The predicted octanol–water partition coefficient (Wildman–Crippen LogP) is 3.02. The molecule has 0 unspecified atom stereocenters. The first-order chi connectivity index (χ1) is 10.3. The normalized spacial score (nSPS) is 14.0. The lowest BCUT2D eigenvalue weighted by molar-refractivity contribution is 0.0745. The van der Waals surface area contributed by atoms with Crippen molar-refractivity contribution in [1.82, 2.24) is 15.1 Å². The largest absolute Gasteiger partial charge is 0.333 e. The van der Waals surface area contributed by atoms with E-state index in [9.17, 15) is 4.79 Å². The highest BCUT2D eigenvalue weighted by Gasteiger charge is 2.26. The van der Waals surface area contributed by atoms with Crippen LogP contribution >= 0.6 is 0 Å². The van der Waals surface area contributed by atoms with Gasteiger partial charge >= 0.3 is 0 Å². The molecule has 1 aromatic carbocycles. The van der Waals surface area contributed by atoms with Crippen LogP contribution in [0, 0.1) is 0 Å².